The van der Waals surface area contributed by atoms with E-state index in [0.717, 1.165) is 0 Å². The third-order valence-corrected chi connectivity index (χ3v) is 4.71. The van der Waals surface area contributed by atoms with Gasteiger partial charge >= 0.3 is 0 Å². The molecule has 0 radical (unpaired) electrons. The number of hydrogen-bond donors (Lipinski definition) is 2. The van der Waals surface area contributed by atoms with Crippen LogP contribution in [0.1, 0.15) is 30.6 Å². The van der Waals surface area contributed by atoms with Crippen molar-refractivity contribution in [3.8, 4) is 0 Å². The van der Waals surface area contributed by atoms with Crippen molar-refractivity contribution in [3.05, 3.63) is 35.1 Å². The zero-order valence-corrected chi connectivity index (χ0v) is 14.2. The Hall–Kier alpha value is -2.58. The fourth-order valence-corrected chi connectivity index (χ4v) is 3.33. The molecule has 0 aromatic heterocycles. The fraction of sp³-hybridized carbons (Fsp3) is 0.471. The lowest BCUT2D eigenvalue weighted by Crippen LogP contribution is -2.62. The van der Waals surface area contributed by atoms with Gasteiger partial charge in [-0.15, -0.1) is 0 Å². The highest BCUT2D eigenvalue weighted by atomic mass is 19.2. The predicted octanol–water partition coefficient (Wildman–Crippen LogP) is 0.958. The Labute approximate surface area is 147 Å². The third-order valence-electron chi connectivity index (χ3n) is 4.71. The van der Waals surface area contributed by atoms with Crippen LogP contribution >= 0.6 is 0 Å². The van der Waals surface area contributed by atoms with Crippen LogP contribution in [0.25, 0.3) is 0 Å². The van der Waals surface area contributed by atoms with Crippen LogP contribution < -0.4 is 10.6 Å². The first kappa shape index (κ1) is 18.2. The zero-order chi connectivity index (χ0) is 19.2. The van der Waals surface area contributed by atoms with Crippen LogP contribution in [0.4, 0.5) is 13.2 Å². The van der Waals surface area contributed by atoms with E-state index in [4.69, 9.17) is 0 Å². The molecule has 3 rings (SSSR count). The molecule has 0 bridgehead atoms. The number of carbonyl (C=O) groups excluding carboxylic acids is 3. The molecule has 6 nitrogen and oxygen atoms in total. The Kier molecular flexibility index (Phi) is 4.64. The summed E-state index contributed by atoms with van der Waals surface area (Å²) in [5.41, 5.74) is -0.635. The predicted molar refractivity (Wildman–Crippen MR) is 84.5 cm³/mol. The number of amides is 3. The highest BCUT2D eigenvalue weighted by Crippen LogP contribution is 2.25. The topological polar surface area (TPSA) is 78.5 Å². The summed E-state index contributed by atoms with van der Waals surface area (Å²) in [6, 6.07) is -1.16. The fourth-order valence-electron chi connectivity index (χ4n) is 3.33. The number of piperazine rings is 1. The standard InChI is InChI=1S/C17H18F3N3O3/c1-7(2)14-17(26)23-6-8(3-13(23)16(25)22-14)21-15(24)9-4-11(19)12(20)5-10(9)18/h4-5,7-8,13-14H,3,6H2,1-2H3,(H,21,24)(H,22,25)/t8-,13-,14+/m0/s1. The minimum Gasteiger partial charge on any atom is -0.347 e. The maximum absolute atomic E-state index is 13.7. The third kappa shape index (κ3) is 3.13. The van der Waals surface area contributed by atoms with Crippen molar-refractivity contribution in [1.29, 1.82) is 0 Å². The van der Waals surface area contributed by atoms with Gasteiger partial charge < -0.3 is 15.5 Å². The SMILES string of the molecule is CC(C)[C@H]1NC(=O)[C@@H]2C[C@H](NC(=O)c3cc(F)c(F)cc3F)CN2C1=O. The first-order valence-corrected chi connectivity index (χ1v) is 8.25. The number of benzene rings is 1. The summed E-state index contributed by atoms with van der Waals surface area (Å²) in [6.07, 6.45) is 0.166. The molecule has 2 aliphatic heterocycles. The number of carbonyl (C=O) groups is 3. The molecule has 2 saturated heterocycles. The second kappa shape index (κ2) is 6.62. The van der Waals surface area contributed by atoms with Gasteiger partial charge in [0.05, 0.1) is 5.56 Å². The summed E-state index contributed by atoms with van der Waals surface area (Å²) in [5, 5.41) is 5.15. The minimum atomic E-state index is -1.39. The van der Waals surface area contributed by atoms with Gasteiger partial charge in [0.1, 0.15) is 17.9 Å². The highest BCUT2D eigenvalue weighted by Gasteiger charge is 2.47. The molecule has 2 heterocycles. The van der Waals surface area contributed by atoms with Crippen molar-refractivity contribution in [2.45, 2.75) is 38.4 Å². The zero-order valence-electron chi connectivity index (χ0n) is 14.2. The molecule has 140 valence electrons. The van der Waals surface area contributed by atoms with Crippen molar-refractivity contribution in [2.75, 3.05) is 6.54 Å². The van der Waals surface area contributed by atoms with Gasteiger partial charge in [0.25, 0.3) is 5.91 Å². The smallest absolute Gasteiger partial charge is 0.254 e. The van der Waals surface area contributed by atoms with E-state index in [9.17, 15) is 27.6 Å². The summed E-state index contributed by atoms with van der Waals surface area (Å²) < 4.78 is 40.0. The van der Waals surface area contributed by atoms with E-state index < -0.39 is 47.0 Å². The van der Waals surface area contributed by atoms with Gasteiger partial charge in [0.2, 0.25) is 11.8 Å². The Balaban J connectivity index is 1.73. The summed E-state index contributed by atoms with van der Waals surface area (Å²) in [7, 11) is 0. The van der Waals surface area contributed by atoms with Crippen LogP contribution in [0.2, 0.25) is 0 Å². The highest BCUT2D eigenvalue weighted by molar-refractivity contribution is 5.98. The molecule has 2 fully saturated rings. The van der Waals surface area contributed by atoms with Crippen molar-refractivity contribution in [3.63, 3.8) is 0 Å². The number of nitrogens with one attached hydrogen (secondary N) is 2. The molecule has 1 aromatic rings. The van der Waals surface area contributed by atoms with E-state index in [1.807, 2.05) is 13.8 Å². The molecule has 0 saturated carbocycles. The van der Waals surface area contributed by atoms with Gasteiger partial charge in [-0.3, -0.25) is 14.4 Å². The molecule has 26 heavy (non-hydrogen) atoms. The molecule has 3 amide bonds. The molecule has 3 atom stereocenters. The van der Waals surface area contributed by atoms with Gasteiger partial charge in [-0.2, -0.15) is 0 Å². The lowest BCUT2D eigenvalue weighted by Gasteiger charge is -2.36. The van der Waals surface area contributed by atoms with Crippen LogP contribution in [0, 0.1) is 23.4 Å². The lowest BCUT2D eigenvalue weighted by molar-refractivity contribution is -0.148. The van der Waals surface area contributed by atoms with Crippen LogP contribution in [-0.4, -0.2) is 47.3 Å². The number of halogens is 3. The van der Waals surface area contributed by atoms with E-state index in [0.29, 0.717) is 12.1 Å². The van der Waals surface area contributed by atoms with Crippen LogP contribution in [0.15, 0.2) is 12.1 Å². The first-order chi connectivity index (χ1) is 12.2. The van der Waals surface area contributed by atoms with Crippen molar-refractivity contribution in [1.82, 2.24) is 15.5 Å². The Bertz CT molecular complexity index is 784. The van der Waals surface area contributed by atoms with Gasteiger partial charge in [0.15, 0.2) is 11.6 Å². The van der Waals surface area contributed by atoms with E-state index in [2.05, 4.69) is 10.6 Å². The van der Waals surface area contributed by atoms with Crippen LogP contribution in [-0.2, 0) is 9.59 Å². The number of hydrogen-bond acceptors (Lipinski definition) is 3. The van der Waals surface area contributed by atoms with E-state index in [1.165, 1.54) is 4.90 Å². The number of nitrogens with zero attached hydrogens (tertiary/aromatic N) is 1. The Morgan fingerprint density at radius 3 is 2.50 bits per heavy atom. The van der Waals surface area contributed by atoms with Crippen LogP contribution in [0.5, 0.6) is 0 Å². The van der Waals surface area contributed by atoms with Crippen molar-refractivity contribution >= 4 is 17.7 Å². The maximum atomic E-state index is 13.7. The molecule has 0 unspecified atom stereocenters. The second-order valence-electron chi connectivity index (χ2n) is 6.89. The monoisotopic (exact) mass is 369 g/mol. The van der Waals surface area contributed by atoms with Gasteiger partial charge in [-0.05, 0) is 18.4 Å². The number of rotatable bonds is 3. The molecule has 0 spiro atoms. The molecular formula is C17H18F3N3O3. The summed E-state index contributed by atoms with van der Waals surface area (Å²) >= 11 is 0. The normalized spacial score (nSPS) is 25.3. The quantitative estimate of drug-likeness (QED) is 0.779. The molecule has 9 heteroatoms. The Morgan fingerprint density at radius 2 is 1.85 bits per heavy atom. The van der Waals surface area contributed by atoms with Gasteiger partial charge in [-0.1, -0.05) is 13.8 Å². The molecular weight excluding hydrogens is 351 g/mol. The first-order valence-electron chi connectivity index (χ1n) is 8.25. The minimum absolute atomic E-state index is 0.0858. The number of fused-ring (bicyclic) bond motifs is 1. The largest absolute Gasteiger partial charge is 0.347 e. The maximum Gasteiger partial charge on any atom is 0.254 e. The van der Waals surface area contributed by atoms with E-state index >= 15 is 0 Å². The average Bonchev–Trinajstić information content (AvgIpc) is 2.98. The van der Waals surface area contributed by atoms with E-state index in [1.54, 1.807) is 0 Å². The molecule has 0 aliphatic carbocycles. The summed E-state index contributed by atoms with van der Waals surface area (Å²) in [5.74, 6) is -5.48. The molecule has 2 N–H and O–H groups in total. The lowest BCUT2D eigenvalue weighted by atomic mass is 9.98. The van der Waals surface area contributed by atoms with Crippen molar-refractivity contribution in [2.24, 2.45) is 5.92 Å². The van der Waals surface area contributed by atoms with Gasteiger partial charge in [0, 0.05) is 18.7 Å². The van der Waals surface area contributed by atoms with Crippen molar-refractivity contribution < 1.29 is 27.6 Å². The summed E-state index contributed by atoms with van der Waals surface area (Å²) in [6.45, 7) is 3.71. The van der Waals surface area contributed by atoms with Gasteiger partial charge in [-0.25, -0.2) is 13.2 Å². The molecule has 1 aromatic carbocycles. The average molecular weight is 369 g/mol. The van der Waals surface area contributed by atoms with Crippen LogP contribution in [0.3, 0.4) is 0 Å². The Morgan fingerprint density at radius 1 is 1.19 bits per heavy atom. The van der Waals surface area contributed by atoms with E-state index in [-0.39, 0.29) is 30.7 Å². The second-order valence-corrected chi connectivity index (χ2v) is 6.89. The molecule has 2 aliphatic rings. The summed E-state index contributed by atoms with van der Waals surface area (Å²) in [4.78, 5) is 38.3.